The molecule has 1 saturated heterocycles. The molecule has 0 amide bonds. The highest BCUT2D eigenvalue weighted by molar-refractivity contribution is 6.70. The Morgan fingerprint density at radius 2 is 2.15 bits per heavy atom. The SMILES string of the molecule is CCc1cc(O)ccc1N=C(N)c1cnn2cc(-c3cnc(OC)cc3C)cc2c1NC1CCC12CB(C#N)C2. The van der Waals surface area contributed by atoms with Gasteiger partial charge in [-0.3, -0.25) is 0 Å². The van der Waals surface area contributed by atoms with E-state index >= 15 is 0 Å². The predicted octanol–water partition coefficient (Wildman–Crippen LogP) is 5.15. The lowest BCUT2D eigenvalue weighted by atomic mass is 9.23. The Hall–Kier alpha value is -4.52. The molecule has 1 atom stereocenters. The molecule has 1 aliphatic heterocycles. The van der Waals surface area contributed by atoms with Crippen molar-refractivity contribution in [2.45, 2.75) is 51.8 Å². The number of nitrogens with two attached hydrogens (primary N) is 1. The first-order chi connectivity index (χ1) is 19.3. The largest absolute Gasteiger partial charge is 0.508 e. The van der Waals surface area contributed by atoms with Crippen LogP contribution in [0.5, 0.6) is 11.6 Å². The summed E-state index contributed by atoms with van der Waals surface area (Å²) in [6.07, 6.45) is 10.3. The Balaban J connectivity index is 1.45. The van der Waals surface area contributed by atoms with Crippen LogP contribution >= 0.6 is 0 Å². The minimum absolute atomic E-state index is 0.139. The number of ether oxygens (including phenoxy) is 1. The molecule has 1 saturated carbocycles. The Kier molecular flexibility index (Phi) is 6.37. The number of phenolic OH excluding ortho intramolecular Hbond substituents is 1. The predicted molar refractivity (Wildman–Crippen MR) is 158 cm³/mol. The van der Waals surface area contributed by atoms with Gasteiger partial charge >= 0.3 is 0 Å². The summed E-state index contributed by atoms with van der Waals surface area (Å²) < 4.78 is 7.15. The Labute approximate surface area is 233 Å². The van der Waals surface area contributed by atoms with Crippen molar-refractivity contribution < 1.29 is 9.84 Å². The average Bonchev–Trinajstić information content (AvgIpc) is 3.35. The van der Waals surface area contributed by atoms with E-state index in [1.807, 2.05) is 36.8 Å². The van der Waals surface area contributed by atoms with E-state index in [1.54, 1.807) is 31.5 Å². The summed E-state index contributed by atoms with van der Waals surface area (Å²) in [7, 11) is 1.61. The highest BCUT2D eigenvalue weighted by Crippen LogP contribution is 2.57. The molecular weight excluding hydrogens is 501 g/mol. The smallest absolute Gasteiger partial charge is 0.269 e. The number of phenols is 1. The zero-order chi connectivity index (χ0) is 28.0. The van der Waals surface area contributed by atoms with Crippen LogP contribution in [0.15, 0.2) is 53.9 Å². The van der Waals surface area contributed by atoms with Crippen molar-refractivity contribution in [3.8, 4) is 28.7 Å². The van der Waals surface area contributed by atoms with Crippen LogP contribution in [-0.2, 0) is 6.42 Å². The lowest BCUT2D eigenvalue weighted by molar-refractivity contribution is 0.134. The van der Waals surface area contributed by atoms with Crippen molar-refractivity contribution in [2.75, 3.05) is 12.4 Å². The second-order valence-corrected chi connectivity index (χ2v) is 11.0. The second kappa shape index (κ2) is 9.90. The van der Waals surface area contributed by atoms with E-state index in [1.165, 1.54) is 0 Å². The van der Waals surface area contributed by atoms with E-state index < -0.39 is 0 Å². The molecule has 1 aliphatic carbocycles. The number of aryl methyl sites for hydroxylation is 2. The number of fused-ring (bicyclic) bond motifs is 1. The molecule has 4 N–H and O–H groups in total. The number of hydrogen-bond donors (Lipinski definition) is 3. The number of hydrogen-bond acceptors (Lipinski definition) is 7. The molecule has 4 heterocycles. The minimum atomic E-state index is 0.139. The first-order valence-corrected chi connectivity index (χ1v) is 13.7. The Morgan fingerprint density at radius 1 is 1.32 bits per heavy atom. The van der Waals surface area contributed by atoms with Gasteiger partial charge in [-0.2, -0.15) is 5.10 Å². The summed E-state index contributed by atoms with van der Waals surface area (Å²) in [5.41, 5.74) is 14.0. The number of rotatable bonds is 7. The molecule has 9 nitrogen and oxygen atoms in total. The highest BCUT2D eigenvalue weighted by atomic mass is 16.5. The van der Waals surface area contributed by atoms with Gasteiger partial charge in [-0.05, 0) is 67.0 Å². The molecular formula is C30H32BN7O2. The fourth-order valence-electron chi connectivity index (χ4n) is 6.25. The van der Waals surface area contributed by atoms with E-state index in [9.17, 15) is 10.4 Å². The first kappa shape index (κ1) is 25.7. The maximum absolute atomic E-state index is 9.94. The van der Waals surface area contributed by atoms with Gasteiger partial charge < -0.3 is 20.9 Å². The molecule has 1 spiro atoms. The summed E-state index contributed by atoms with van der Waals surface area (Å²) in [6, 6.07) is 9.40. The van der Waals surface area contributed by atoms with E-state index in [4.69, 9.17) is 20.6 Å². The van der Waals surface area contributed by atoms with Gasteiger partial charge in [0, 0.05) is 41.6 Å². The highest BCUT2D eigenvalue weighted by Gasteiger charge is 2.57. The summed E-state index contributed by atoms with van der Waals surface area (Å²) in [5.74, 6) is 3.56. The molecule has 4 aromatic rings. The summed E-state index contributed by atoms with van der Waals surface area (Å²) in [5, 5.41) is 27.9. The molecule has 6 rings (SSSR count). The molecule has 0 bridgehead atoms. The van der Waals surface area contributed by atoms with Crippen molar-refractivity contribution in [1.82, 2.24) is 14.6 Å². The number of aromatic nitrogens is 3. The zero-order valence-corrected chi connectivity index (χ0v) is 23.0. The van der Waals surface area contributed by atoms with Crippen LogP contribution in [0.3, 0.4) is 0 Å². The lowest BCUT2D eigenvalue weighted by Crippen LogP contribution is -2.59. The molecule has 2 aliphatic rings. The van der Waals surface area contributed by atoms with Crippen LogP contribution in [0.2, 0.25) is 12.6 Å². The molecule has 10 heteroatoms. The second-order valence-electron chi connectivity index (χ2n) is 11.0. The van der Waals surface area contributed by atoms with E-state index in [2.05, 4.69) is 22.3 Å². The number of amidine groups is 1. The summed E-state index contributed by atoms with van der Waals surface area (Å²) >= 11 is 0. The fourth-order valence-corrected chi connectivity index (χ4v) is 6.25. The van der Waals surface area contributed by atoms with E-state index in [-0.39, 0.29) is 23.9 Å². The van der Waals surface area contributed by atoms with Crippen LogP contribution in [-0.4, -0.2) is 45.4 Å². The fraction of sp³-hybridized carbons (Fsp3) is 0.333. The lowest BCUT2D eigenvalue weighted by Gasteiger charge is -2.57. The van der Waals surface area contributed by atoms with Crippen LogP contribution in [0, 0.1) is 23.6 Å². The number of benzene rings is 1. The molecule has 0 radical (unpaired) electrons. The minimum Gasteiger partial charge on any atom is -0.508 e. The van der Waals surface area contributed by atoms with Crippen molar-refractivity contribution in [1.29, 1.82) is 5.26 Å². The maximum Gasteiger partial charge on any atom is 0.269 e. The van der Waals surface area contributed by atoms with Gasteiger partial charge in [-0.25, -0.2) is 19.8 Å². The first-order valence-electron chi connectivity index (χ1n) is 13.7. The third kappa shape index (κ3) is 4.32. The monoisotopic (exact) mass is 533 g/mol. The topological polar surface area (TPSA) is 134 Å². The molecule has 40 heavy (non-hydrogen) atoms. The quantitative estimate of drug-likeness (QED) is 0.170. The molecule has 2 fully saturated rings. The van der Waals surface area contributed by atoms with Crippen LogP contribution in [0.4, 0.5) is 11.4 Å². The standard InChI is InChI=1S/C30H32BN7O2/c1-4-19-10-21(39)5-6-24(19)36-29(33)23-13-35-38-14-20(22-12-34-27(40-3)9-18(22)2)11-25(38)28(23)37-26-7-8-30(26)15-31(16-30)17-32/h5-6,9-14,26,37,39H,4,7-8,15-16H2,1-3H3,(H2,33,36). The van der Waals surface area contributed by atoms with Gasteiger partial charge in [0.15, 0.2) is 0 Å². The molecule has 1 unspecified atom stereocenters. The van der Waals surface area contributed by atoms with Gasteiger partial charge in [0.2, 0.25) is 5.88 Å². The molecule has 1 aromatic carbocycles. The zero-order valence-electron chi connectivity index (χ0n) is 23.0. The van der Waals surface area contributed by atoms with Crippen molar-refractivity contribution in [3.05, 3.63) is 65.6 Å². The number of aliphatic imine (C=N–C) groups is 1. The van der Waals surface area contributed by atoms with Crippen molar-refractivity contribution in [2.24, 2.45) is 16.1 Å². The molecule has 202 valence electrons. The van der Waals surface area contributed by atoms with Gasteiger partial charge in [-0.1, -0.05) is 19.6 Å². The number of pyridine rings is 1. The average molecular weight is 533 g/mol. The number of nitrogens with zero attached hydrogens (tertiary/aromatic N) is 5. The number of nitriles is 1. The Bertz CT molecular complexity index is 1680. The van der Waals surface area contributed by atoms with E-state index in [0.717, 1.165) is 70.2 Å². The van der Waals surface area contributed by atoms with Crippen LogP contribution in [0.25, 0.3) is 16.6 Å². The van der Waals surface area contributed by atoms with E-state index in [0.29, 0.717) is 18.1 Å². The van der Waals surface area contributed by atoms with Crippen molar-refractivity contribution >= 4 is 29.4 Å². The summed E-state index contributed by atoms with van der Waals surface area (Å²) in [4.78, 5) is 9.20. The number of anilines is 1. The van der Waals surface area contributed by atoms with Crippen LogP contribution < -0.4 is 15.8 Å². The number of methoxy groups -OCH3 is 1. The third-order valence-corrected chi connectivity index (χ3v) is 8.68. The van der Waals surface area contributed by atoms with Gasteiger partial charge in [0.25, 0.3) is 6.71 Å². The number of nitrogens with one attached hydrogen (secondary N) is 1. The Morgan fingerprint density at radius 3 is 2.83 bits per heavy atom. The number of aromatic hydroxyl groups is 1. The normalized spacial score (nSPS) is 17.8. The van der Waals surface area contributed by atoms with Gasteiger partial charge in [-0.15, -0.1) is 0 Å². The maximum atomic E-state index is 9.94. The third-order valence-electron chi connectivity index (χ3n) is 8.68. The van der Waals surface area contributed by atoms with Gasteiger partial charge in [0.05, 0.1) is 35.8 Å². The van der Waals surface area contributed by atoms with Crippen LogP contribution in [0.1, 0.15) is 36.5 Å². The van der Waals surface area contributed by atoms with Crippen molar-refractivity contribution in [3.63, 3.8) is 0 Å². The summed E-state index contributed by atoms with van der Waals surface area (Å²) in [6.45, 7) is 4.19. The van der Waals surface area contributed by atoms with Gasteiger partial charge in [0.1, 0.15) is 11.6 Å². The molecule has 3 aromatic heterocycles.